The second kappa shape index (κ2) is 8.83. The molecule has 184 valence electrons. The number of hydrogen-bond donors (Lipinski definition) is 0. The number of para-hydroxylation sites is 2. The predicted octanol–water partition coefficient (Wildman–Crippen LogP) is 6.78. The van der Waals surface area contributed by atoms with Crippen LogP contribution in [0.1, 0.15) is 42.6 Å². The predicted molar refractivity (Wildman–Crippen MR) is 144 cm³/mol. The molecule has 0 N–H and O–H groups in total. The number of carbonyl (C=O) groups is 1. The van der Waals surface area contributed by atoms with Gasteiger partial charge in [-0.1, -0.05) is 61.3 Å². The number of rotatable bonds is 5. The van der Waals surface area contributed by atoms with E-state index >= 15 is 0 Å². The van der Waals surface area contributed by atoms with E-state index < -0.39 is 11.5 Å². The molecule has 37 heavy (non-hydrogen) atoms. The maximum atomic E-state index is 14.6. The van der Waals surface area contributed by atoms with Gasteiger partial charge in [-0.2, -0.15) is 5.26 Å². The van der Waals surface area contributed by atoms with Crippen molar-refractivity contribution in [3.63, 3.8) is 0 Å². The maximum Gasteiger partial charge on any atom is 0.247 e. The number of anilines is 1. The van der Waals surface area contributed by atoms with Crippen LogP contribution >= 0.6 is 11.6 Å². The fourth-order valence-electron chi connectivity index (χ4n) is 5.96. The zero-order chi connectivity index (χ0) is 25.7. The number of unbranched alkanes of at least 4 members (excludes halogenated alkanes) is 1. The highest BCUT2D eigenvalue weighted by Crippen LogP contribution is 2.62. The van der Waals surface area contributed by atoms with Crippen LogP contribution in [0.2, 0.25) is 5.02 Å². The molecule has 0 bridgehead atoms. The highest BCUT2D eigenvalue weighted by molar-refractivity contribution is 6.31. The van der Waals surface area contributed by atoms with Crippen molar-refractivity contribution in [2.24, 2.45) is 0 Å². The maximum absolute atomic E-state index is 14.6. The molecule has 0 aromatic heterocycles. The van der Waals surface area contributed by atoms with Gasteiger partial charge in [-0.25, -0.2) is 0 Å². The molecular weight excluding hydrogens is 484 g/mol. The Labute approximate surface area is 221 Å². The lowest BCUT2D eigenvalue weighted by molar-refractivity contribution is -0.120. The Kier molecular flexibility index (Phi) is 5.58. The summed E-state index contributed by atoms with van der Waals surface area (Å²) < 4.78 is 12.2. The van der Waals surface area contributed by atoms with Crippen LogP contribution in [-0.4, -0.2) is 19.6 Å². The monoisotopic (exact) mass is 508 g/mol. The number of amides is 1. The Morgan fingerprint density at radius 3 is 2.70 bits per heavy atom. The van der Waals surface area contributed by atoms with Crippen molar-refractivity contribution < 1.29 is 14.3 Å². The molecule has 2 heterocycles. The molecule has 1 aliphatic carbocycles. The van der Waals surface area contributed by atoms with E-state index in [2.05, 4.69) is 13.0 Å². The number of halogens is 1. The Hall–Kier alpha value is -4.01. The van der Waals surface area contributed by atoms with Crippen molar-refractivity contribution in [3.8, 4) is 17.6 Å². The molecule has 1 spiro atoms. The van der Waals surface area contributed by atoms with Crippen LogP contribution < -0.4 is 14.4 Å². The third-order valence-corrected chi connectivity index (χ3v) is 7.78. The van der Waals surface area contributed by atoms with E-state index in [1.807, 2.05) is 71.6 Å². The topological polar surface area (TPSA) is 62.6 Å². The van der Waals surface area contributed by atoms with Gasteiger partial charge in [0.25, 0.3) is 0 Å². The molecule has 3 aromatic rings. The Balaban J connectivity index is 1.68. The molecule has 0 radical (unpaired) electrons. The smallest absolute Gasteiger partial charge is 0.247 e. The van der Waals surface area contributed by atoms with E-state index in [-0.39, 0.29) is 5.91 Å². The molecule has 0 saturated heterocycles. The summed E-state index contributed by atoms with van der Waals surface area (Å²) in [6.07, 6.45) is 3.09. The number of nitrogens with zero attached hydrogens (tertiary/aromatic N) is 2. The summed E-state index contributed by atoms with van der Waals surface area (Å²) in [6.45, 7) is 2.67. The van der Waals surface area contributed by atoms with Gasteiger partial charge in [-0.3, -0.25) is 4.79 Å². The highest BCUT2D eigenvalue weighted by Gasteiger charge is 2.61. The number of ether oxygens (including phenoxy) is 2. The number of hydrogen-bond acceptors (Lipinski definition) is 4. The molecule has 2 unspecified atom stereocenters. The third kappa shape index (κ3) is 3.19. The van der Waals surface area contributed by atoms with Gasteiger partial charge in [-0.15, -0.1) is 0 Å². The zero-order valence-electron chi connectivity index (χ0n) is 20.6. The summed E-state index contributed by atoms with van der Waals surface area (Å²) >= 11 is 6.53. The van der Waals surface area contributed by atoms with Crippen molar-refractivity contribution in [1.29, 1.82) is 5.26 Å². The molecule has 2 aliphatic heterocycles. The minimum Gasteiger partial charge on any atom is -0.496 e. The number of benzene rings is 3. The molecule has 3 aromatic carbocycles. The van der Waals surface area contributed by atoms with E-state index in [4.69, 9.17) is 21.1 Å². The van der Waals surface area contributed by atoms with Gasteiger partial charge >= 0.3 is 0 Å². The van der Waals surface area contributed by atoms with Crippen molar-refractivity contribution in [2.75, 3.05) is 18.6 Å². The molecule has 6 rings (SSSR count). The van der Waals surface area contributed by atoms with Crippen LogP contribution in [0, 0.1) is 11.3 Å². The summed E-state index contributed by atoms with van der Waals surface area (Å²) in [6, 6.07) is 23.4. The summed E-state index contributed by atoms with van der Waals surface area (Å²) in [5, 5.41) is 11.0. The van der Waals surface area contributed by atoms with E-state index in [9.17, 15) is 10.1 Å². The van der Waals surface area contributed by atoms with Crippen molar-refractivity contribution >= 4 is 28.8 Å². The molecule has 1 amide bonds. The molecule has 6 heteroatoms. The first kappa shape index (κ1) is 23.4. The van der Waals surface area contributed by atoms with Crippen LogP contribution in [0.15, 0.2) is 84.0 Å². The third-order valence-electron chi connectivity index (χ3n) is 7.55. The summed E-state index contributed by atoms with van der Waals surface area (Å²) in [5.41, 5.74) is 3.85. The van der Waals surface area contributed by atoms with E-state index in [1.54, 1.807) is 13.2 Å². The van der Waals surface area contributed by atoms with Gasteiger partial charge < -0.3 is 14.4 Å². The average molecular weight is 509 g/mol. The van der Waals surface area contributed by atoms with Gasteiger partial charge in [0.2, 0.25) is 5.91 Å². The van der Waals surface area contributed by atoms with Gasteiger partial charge in [0.15, 0.2) is 6.10 Å². The first-order chi connectivity index (χ1) is 18.1. The van der Waals surface area contributed by atoms with Gasteiger partial charge in [0.05, 0.1) is 18.8 Å². The Morgan fingerprint density at radius 1 is 1.14 bits per heavy atom. The molecule has 0 saturated carbocycles. The standard InChI is InChI=1S/C31H25ClN2O3/c1-3-4-15-34-25-14-13-20(32)17-24(25)31(30(34)35)19(18-33)16-23-28(31)21-9-5-8-12-27(21)37-29(23)22-10-6-7-11-26(22)36-2/h5-14,16-17,29H,3-4,15H2,1-2H3. The lowest BCUT2D eigenvalue weighted by atomic mass is 9.69. The van der Waals surface area contributed by atoms with Crippen LogP contribution in [-0.2, 0) is 10.2 Å². The van der Waals surface area contributed by atoms with Gasteiger partial charge in [0.1, 0.15) is 16.9 Å². The fourth-order valence-corrected chi connectivity index (χ4v) is 6.13. The average Bonchev–Trinajstić information content (AvgIpc) is 3.40. The minimum atomic E-state index is -1.29. The van der Waals surface area contributed by atoms with E-state index in [1.165, 1.54) is 0 Å². The number of nitriles is 1. The summed E-state index contributed by atoms with van der Waals surface area (Å²) in [7, 11) is 1.63. The number of methoxy groups -OCH3 is 1. The minimum absolute atomic E-state index is 0.119. The lowest BCUT2D eigenvalue weighted by Gasteiger charge is -2.35. The van der Waals surface area contributed by atoms with Crippen LogP contribution in [0.5, 0.6) is 11.5 Å². The first-order valence-electron chi connectivity index (χ1n) is 12.4. The molecular formula is C31H25ClN2O3. The van der Waals surface area contributed by atoms with Crippen LogP contribution in [0.25, 0.3) is 5.57 Å². The second-order valence-electron chi connectivity index (χ2n) is 9.46. The van der Waals surface area contributed by atoms with E-state index in [0.717, 1.165) is 46.4 Å². The van der Waals surface area contributed by atoms with Crippen molar-refractivity contribution in [2.45, 2.75) is 31.3 Å². The van der Waals surface area contributed by atoms with Crippen molar-refractivity contribution in [3.05, 3.63) is 106 Å². The second-order valence-corrected chi connectivity index (χ2v) is 9.89. The fraction of sp³-hybridized carbons (Fsp3) is 0.226. The Morgan fingerprint density at radius 2 is 1.92 bits per heavy atom. The lowest BCUT2D eigenvalue weighted by Crippen LogP contribution is -2.42. The molecule has 0 fully saturated rings. The van der Waals surface area contributed by atoms with E-state index in [0.29, 0.717) is 28.6 Å². The summed E-state index contributed by atoms with van der Waals surface area (Å²) in [4.78, 5) is 16.4. The molecule has 2 atom stereocenters. The zero-order valence-corrected chi connectivity index (χ0v) is 21.4. The number of carbonyl (C=O) groups excluding carboxylic acids is 1. The number of fused-ring (bicyclic) bond motifs is 5. The van der Waals surface area contributed by atoms with Crippen LogP contribution in [0.3, 0.4) is 0 Å². The Bertz CT molecular complexity index is 1550. The van der Waals surface area contributed by atoms with Gasteiger partial charge in [-0.05, 0) is 48.4 Å². The SMILES string of the molecule is CCCCN1C(=O)C2(C(C#N)=CC3=C2c2ccccc2OC3c2ccccc2OC)c2cc(Cl)ccc21. The summed E-state index contributed by atoms with van der Waals surface area (Å²) in [5.74, 6) is 1.22. The first-order valence-corrected chi connectivity index (χ1v) is 12.8. The highest BCUT2D eigenvalue weighted by atomic mass is 35.5. The molecule has 5 nitrogen and oxygen atoms in total. The van der Waals surface area contributed by atoms with Gasteiger partial charge in [0, 0.05) is 39.5 Å². The normalized spacial score (nSPS) is 21.2. The van der Waals surface area contributed by atoms with Crippen molar-refractivity contribution in [1.82, 2.24) is 0 Å². The molecule has 3 aliphatic rings. The quantitative estimate of drug-likeness (QED) is 0.381. The van der Waals surface area contributed by atoms with Crippen LogP contribution in [0.4, 0.5) is 5.69 Å². The largest absolute Gasteiger partial charge is 0.496 e.